The van der Waals surface area contributed by atoms with Crippen LogP contribution in [0.25, 0.3) is 0 Å². The minimum atomic E-state index is -0.868. The van der Waals surface area contributed by atoms with Gasteiger partial charge in [-0.1, -0.05) is 13.8 Å². The average molecular weight is 273 g/mol. The first-order valence-corrected chi connectivity index (χ1v) is 6.62. The minimum Gasteiger partial charge on any atom is -0.464 e. The van der Waals surface area contributed by atoms with Crippen LogP contribution in [0.3, 0.4) is 0 Å². The summed E-state index contributed by atoms with van der Waals surface area (Å²) in [5, 5.41) is 12.1. The first kappa shape index (κ1) is 15.9. The van der Waals surface area contributed by atoms with E-state index in [0.717, 1.165) is 0 Å². The van der Waals surface area contributed by atoms with E-state index in [1.54, 1.807) is 6.92 Å². The summed E-state index contributed by atoms with van der Waals surface area (Å²) in [6.07, 6.45) is -1.29. The molecule has 0 aliphatic carbocycles. The number of hydrogen-bond acceptors (Lipinski definition) is 5. The predicted molar refractivity (Wildman–Crippen MR) is 68.3 cm³/mol. The van der Waals surface area contributed by atoms with E-state index < -0.39 is 24.2 Å². The molecule has 110 valence electrons. The van der Waals surface area contributed by atoms with Gasteiger partial charge in [0.1, 0.15) is 0 Å². The molecule has 6 nitrogen and oxygen atoms in total. The highest BCUT2D eigenvalue weighted by Crippen LogP contribution is 2.31. The van der Waals surface area contributed by atoms with Gasteiger partial charge in [-0.2, -0.15) is 0 Å². The Labute approximate surface area is 113 Å². The Hall–Kier alpha value is -1.14. The average Bonchev–Trinajstić information content (AvgIpc) is 2.35. The Morgan fingerprint density at radius 2 is 1.95 bits per heavy atom. The highest BCUT2D eigenvalue weighted by Gasteiger charge is 2.45. The molecule has 0 spiro atoms. The maximum absolute atomic E-state index is 11.9. The Bertz CT molecular complexity index is 333. The molecule has 0 aromatic heterocycles. The molecule has 0 saturated carbocycles. The van der Waals surface area contributed by atoms with Gasteiger partial charge in [0, 0.05) is 6.92 Å². The third-order valence-electron chi connectivity index (χ3n) is 3.70. The lowest BCUT2D eigenvalue weighted by Crippen LogP contribution is -2.60. The summed E-state index contributed by atoms with van der Waals surface area (Å²) in [6, 6.07) is -0.436. The van der Waals surface area contributed by atoms with Crippen molar-refractivity contribution in [1.29, 1.82) is 0 Å². The second kappa shape index (κ2) is 6.86. The van der Waals surface area contributed by atoms with Crippen LogP contribution in [0.5, 0.6) is 0 Å². The minimum absolute atomic E-state index is 0.00389. The number of ether oxygens (including phenoxy) is 2. The standard InChI is InChI=1S/C13H23NO5/c1-5-18-13(17)12-11(14-9(4)16)8(3)7(2)10(6-15)19-12/h7-8,10-12,15H,5-6H2,1-4H3,(H,14,16)/t7-,8-,10+,11?,12?/m0/s1. The molecular formula is C13H23NO5. The lowest BCUT2D eigenvalue weighted by atomic mass is 9.79. The Balaban J connectivity index is 2.92. The topological polar surface area (TPSA) is 84.9 Å². The third-order valence-corrected chi connectivity index (χ3v) is 3.70. The molecule has 1 aliphatic rings. The van der Waals surface area contributed by atoms with Crippen LogP contribution in [0.2, 0.25) is 0 Å². The van der Waals surface area contributed by atoms with Crippen molar-refractivity contribution in [1.82, 2.24) is 5.32 Å². The number of hydrogen-bond donors (Lipinski definition) is 2. The fraction of sp³-hybridized carbons (Fsp3) is 0.846. The second-order valence-corrected chi connectivity index (χ2v) is 4.97. The van der Waals surface area contributed by atoms with Gasteiger partial charge in [0.15, 0.2) is 6.10 Å². The van der Waals surface area contributed by atoms with Crippen LogP contribution in [0.4, 0.5) is 0 Å². The SMILES string of the molecule is CCOC(=O)C1O[C@H](CO)[C@@H](C)[C@H](C)C1NC(C)=O. The van der Waals surface area contributed by atoms with E-state index in [1.807, 2.05) is 13.8 Å². The van der Waals surface area contributed by atoms with Gasteiger partial charge in [0.2, 0.25) is 5.91 Å². The van der Waals surface area contributed by atoms with Crippen LogP contribution in [0.1, 0.15) is 27.7 Å². The second-order valence-electron chi connectivity index (χ2n) is 4.97. The number of aliphatic hydroxyl groups excluding tert-OH is 1. The van der Waals surface area contributed by atoms with E-state index >= 15 is 0 Å². The summed E-state index contributed by atoms with van der Waals surface area (Å²) in [5.74, 6) is -0.681. The number of aliphatic hydroxyl groups is 1. The molecule has 0 aromatic rings. The van der Waals surface area contributed by atoms with Gasteiger partial charge in [-0.3, -0.25) is 4.79 Å². The molecule has 5 atom stereocenters. The number of esters is 1. The van der Waals surface area contributed by atoms with E-state index in [9.17, 15) is 14.7 Å². The first-order valence-electron chi connectivity index (χ1n) is 6.62. The zero-order chi connectivity index (χ0) is 14.6. The number of nitrogens with one attached hydrogen (secondary N) is 1. The van der Waals surface area contributed by atoms with Gasteiger partial charge in [-0.05, 0) is 18.8 Å². The zero-order valence-corrected chi connectivity index (χ0v) is 11.9. The molecule has 0 bridgehead atoms. The highest BCUT2D eigenvalue weighted by molar-refractivity contribution is 5.78. The fourth-order valence-electron chi connectivity index (χ4n) is 2.42. The van der Waals surface area contributed by atoms with E-state index in [0.29, 0.717) is 0 Å². The van der Waals surface area contributed by atoms with Crippen LogP contribution in [-0.4, -0.2) is 48.4 Å². The van der Waals surface area contributed by atoms with Crippen molar-refractivity contribution < 1.29 is 24.2 Å². The molecule has 19 heavy (non-hydrogen) atoms. The molecule has 1 saturated heterocycles. The van der Waals surface area contributed by atoms with Crippen molar-refractivity contribution in [3.05, 3.63) is 0 Å². The molecule has 0 aromatic carbocycles. The van der Waals surface area contributed by atoms with E-state index in [1.165, 1.54) is 6.92 Å². The van der Waals surface area contributed by atoms with Crippen molar-refractivity contribution in [2.75, 3.05) is 13.2 Å². The molecule has 6 heteroatoms. The van der Waals surface area contributed by atoms with Gasteiger partial charge >= 0.3 is 5.97 Å². The summed E-state index contributed by atoms with van der Waals surface area (Å²) < 4.78 is 10.6. The van der Waals surface area contributed by atoms with Crippen LogP contribution in [0.15, 0.2) is 0 Å². The van der Waals surface area contributed by atoms with Gasteiger partial charge in [0.25, 0.3) is 0 Å². The molecule has 1 amide bonds. The summed E-state index contributed by atoms with van der Waals surface area (Å²) in [7, 11) is 0. The summed E-state index contributed by atoms with van der Waals surface area (Å²) in [4.78, 5) is 23.2. The maximum Gasteiger partial charge on any atom is 0.337 e. The van der Waals surface area contributed by atoms with Crippen molar-refractivity contribution in [2.45, 2.75) is 45.9 Å². The summed E-state index contributed by atoms with van der Waals surface area (Å²) in [6.45, 7) is 7.07. The number of carbonyl (C=O) groups is 2. The quantitative estimate of drug-likeness (QED) is 0.709. The fourth-order valence-corrected chi connectivity index (χ4v) is 2.42. The van der Waals surface area contributed by atoms with Gasteiger partial charge in [-0.15, -0.1) is 0 Å². The highest BCUT2D eigenvalue weighted by atomic mass is 16.6. The zero-order valence-electron chi connectivity index (χ0n) is 11.9. The number of carbonyl (C=O) groups excluding carboxylic acids is 2. The Morgan fingerprint density at radius 3 is 2.42 bits per heavy atom. The van der Waals surface area contributed by atoms with Crippen LogP contribution in [-0.2, 0) is 19.1 Å². The van der Waals surface area contributed by atoms with E-state index in [4.69, 9.17) is 9.47 Å². The summed E-state index contributed by atoms with van der Waals surface area (Å²) in [5.41, 5.74) is 0. The maximum atomic E-state index is 11.9. The molecule has 1 fully saturated rings. The first-order chi connectivity index (χ1) is 8.92. The molecule has 2 unspecified atom stereocenters. The predicted octanol–water partition coefficient (Wildman–Crippen LogP) is 0.0861. The monoisotopic (exact) mass is 273 g/mol. The molecular weight excluding hydrogens is 250 g/mol. The number of rotatable bonds is 4. The summed E-state index contributed by atoms with van der Waals surface area (Å²) >= 11 is 0. The van der Waals surface area contributed by atoms with Crippen molar-refractivity contribution in [3.63, 3.8) is 0 Å². The number of amides is 1. The Morgan fingerprint density at radius 1 is 1.32 bits per heavy atom. The van der Waals surface area contributed by atoms with Gasteiger partial charge in [0.05, 0.1) is 25.4 Å². The van der Waals surface area contributed by atoms with Crippen LogP contribution in [0, 0.1) is 11.8 Å². The van der Waals surface area contributed by atoms with E-state index in [-0.39, 0.29) is 31.0 Å². The molecule has 1 heterocycles. The molecule has 1 aliphatic heterocycles. The van der Waals surface area contributed by atoms with Crippen molar-refractivity contribution >= 4 is 11.9 Å². The molecule has 1 rings (SSSR count). The lowest BCUT2D eigenvalue weighted by Gasteiger charge is -2.43. The molecule has 2 N–H and O–H groups in total. The van der Waals surface area contributed by atoms with Crippen LogP contribution < -0.4 is 5.32 Å². The van der Waals surface area contributed by atoms with E-state index in [2.05, 4.69) is 5.32 Å². The van der Waals surface area contributed by atoms with Crippen LogP contribution >= 0.6 is 0 Å². The van der Waals surface area contributed by atoms with Crippen molar-refractivity contribution in [3.8, 4) is 0 Å². The smallest absolute Gasteiger partial charge is 0.337 e. The Kier molecular flexibility index (Phi) is 5.75. The normalized spacial score (nSPS) is 34.7. The van der Waals surface area contributed by atoms with Crippen molar-refractivity contribution in [2.24, 2.45) is 11.8 Å². The van der Waals surface area contributed by atoms with Gasteiger partial charge in [-0.25, -0.2) is 4.79 Å². The van der Waals surface area contributed by atoms with Gasteiger partial charge < -0.3 is 19.9 Å². The molecule has 0 radical (unpaired) electrons. The lowest BCUT2D eigenvalue weighted by molar-refractivity contribution is -0.183. The third kappa shape index (κ3) is 3.67. The largest absolute Gasteiger partial charge is 0.464 e.